The third kappa shape index (κ3) is 5.32. The summed E-state index contributed by atoms with van der Waals surface area (Å²) in [6, 6.07) is 3.34. The fourth-order valence-corrected chi connectivity index (χ4v) is 2.96. The molecule has 1 aliphatic rings. The maximum Gasteiger partial charge on any atom is 0.407 e. The Morgan fingerprint density at radius 2 is 1.96 bits per heavy atom. The van der Waals surface area contributed by atoms with Crippen molar-refractivity contribution < 1.29 is 14.3 Å². The number of anilines is 1. The lowest BCUT2D eigenvalue weighted by atomic mass is 10.0. The molecule has 1 aliphatic heterocycles. The van der Waals surface area contributed by atoms with E-state index in [2.05, 4.69) is 31.1 Å². The maximum absolute atomic E-state index is 12.8. The maximum atomic E-state index is 12.8. The monoisotopic (exact) mass is 412 g/mol. The van der Waals surface area contributed by atoms with E-state index in [4.69, 9.17) is 4.74 Å². The Bertz CT molecular complexity index is 586. The Labute approximate surface area is 156 Å². The molecule has 1 unspecified atom stereocenters. The van der Waals surface area contributed by atoms with E-state index in [1.165, 1.54) is 0 Å². The number of rotatable bonds is 5. The summed E-state index contributed by atoms with van der Waals surface area (Å²) in [6.45, 7) is 8.47. The van der Waals surface area contributed by atoms with E-state index in [0.717, 1.165) is 10.3 Å². The number of hydrogen-bond donors (Lipinski definition) is 1. The molecule has 0 aliphatic carbocycles. The average Bonchev–Trinajstić information content (AvgIpc) is 2.60. The van der Waals surface area contributed by atoms with Gasteiger partial charge < -0.3 is 19.9 Å². The van der Waals surface area contributed by atoms with Crippen LogP contribution in [0, 0.1) is 5.92 Å². The number of alkyl carbamates (subject to hydrolysis) is 1. The summed E-state index contributed by atoms with van der Waals surface area (Å²) in [6.07, 6.45) is 1.22. The highest BCUT2D eigenvalue weighted by molar-refractivity contribution is 9.10. The molecular formula is C17H25BrN4O3. The minimum absolute atomic E-state index is 0.0110. The summed E-state index contributed by atoms with van der Waals surface area (Å²) < 4.78 is 5.84. The lowest BCUT2D eigenvalue weighted by Gasteiger charge is -2.37. The second kappa shape index (κ2) is 9.03. The number of aromatic nitrogens is 1. The number of halogens is 1. The summed E-state index contributed by atoms with van der Waals surface area (Å²) in [5.74, 6) is 0.829. The van der Waals surface area contributed by atoms with Gasteiger partial charge in [-0.2, -0.15) is 0 Å². The first-order chi connectivity index (χ1) is 11.9. The standard InChI is InChI=1S/C17H25BrN4O3/c1-4-25-17(24)20-15(12(2)3)16(23)22-9-7-21(8-10-22)14-6-5-13(18)11-19-14/h5-6,11-12,15H,4,7-10H2,1-3H3,(H,20,24). The lowest BCUT2D eigenvalue weighted by molar-refractivity contribution is -0.134. The Hall–Kier alpha value is -1.83. The molecule has 0 aromatic carbocycles. The number of carbonyl (C=O) groups is 2. The molecule has 0 spiro atoms. The molecule has 2 amide bonds. The first-order valence-electron chi connectivity index (χ1n) is 8.51. The average molecular weight is 413 g/mol. The summed E-state index contributed by atoms with van der Waals surface area (Å²) in [4.78, 5) is 32.8. The van der Waals surface area contributed by atoms with Gasteiger partial charge in [-0.15, -0.1) is 0 Å². The van der Waals surface area contributed by atoms with Crippen LogP contribution in [0.3, 0.4) is 0 Å². The molecule has 1 saturated heterocycles. The van der Waals surface area contributed by atoms with Gasteiger partial charge in [0.2, 0.25) is 5.91 Å². The van der Waals surface area contributed by atoms with Crippen LogP contribution in [-0.2, 0) is 9.53 Å². The number of carbonyl (C=O) groups excluding carboxylic acids is 2. The van der Waals surface area contributed by atoms with Crippen molar-refractivity contribution in [2.45, 2.75) is 26.8 Å². The van der Waals surface area contributed by atoms with Crippen molar-refractivity contribution in [3.8, 4) is 0 Å². The second-order valence-electron chi connectivity index (χ2n) is 6.23. The predicted molar refractivity (Wildman–Crippen MR) is 99.5 cm³/mol. The van der Waals surface area contributed by atoms with Crippen molar-refractivity contribution in [3.05, 3.63) is 22.8 Å². The van der Waals surface area contributed by atoms with Crippen molar-refractivity contribution >= 4 is 33.7 Å². The summed E-state index contributed by atoms with van der Waals surface area (Å²) in [5, 5.41) is 2.68. The molecule has 1 atom stereocenters. The molecule has 1 aromatic heterocycles. The zero-order chi connectivity index (χ0) is 18.4. The molecule has 2 heterocycles. The van der Waals surface area contributed by atoms with Gasteiger partial charge in [0.1, 0.15) is 11.9 Å². The number of nitrogens with one attached hydrogen (secondary N) is 1. The third-order valence-electron chi connectivity index (χ3n) is 4.11. The molecule has 0 saturated carbocycles. The number of piperazine rings is 1. The van der Waals surface area contributed by atoms with Crippen LogP contribution in [0.15, 0.2) is 22.8 Å². The van der Waals surface area contributed by atoms with E-state index >= 15 is 0 Å². The minimum Gasteiger partial charge on any atom is -0.450 e. The number of nitrogens with zero attached hydrogens (tertiary/aromatic N) is 3. The van der Waals surface area contributed by atoms with Crippen LogP contribution in [0.2, 0.25) is 0 Å². The smallest absolute Gasteiger partial charge is 0.407 e. The molecule has 2 rings (SSSR count). The Morgan fingerprint density at radius 3 is 2.48 bits per heavy atom. The van der Waals surface area contributed by atoms with Crippen LogP contribution >= 0.6 is 15.9 Å². The highest BCUT2D eigenvalue weighted by Gasteiger charge is 2.31. The fourth-order valence-electron chi connectivity index (χ4n) is 2.72. The molecule has 1 fully saturated rings. The number of ether oxygens (including phenoxy) is 1. The molecule has 8 heteroatoms. The quantitative estimate of drug-likeness (QED) is 0.802. The Balaban J connectivity index is 1.94. The SMILES string of the molecule is CCOC(=O)NC(C(=O)N1CCN(c2ccc(Br)cn2)CC1)C(C)C. The van der Waals surface area contributed by atoms with Crippen molar-refractivity contribution in [3.63, 3.8) is 0 Å². The molecule has 138 valence electrons. The van der Waals surface area contributed by atoms with Crippen LogP contribution < -0.4 is 10.2 Å². The van der Waals surface area contributed by atoms with Crippen LogP contribution in [0.25, 0.3) is 0 Å². The summed E-state index contributed by atoms with van der Waals surface area (Å²) in [7, 11) is 0. The first kappa shape index (κ1) is 19.5. The van der Waals surface area contributed by atoms with Crippen LogP contribution in [-0.4, -0.2) is 60.7 Å². The van der Waals surface area contributed by atoms with E-state index in [1.807, 2.05) is 26.0 Å². The van der Waals surface area contributed by atoms with Crippen LogP contribution in [0.4, 0.5) is 10.6 Å². The van der Waals surface area contributed by atoms with Gasteiger partial charge in [0.05, 0.1) is 6.61 Å². The molecule has 25 heavy (non-hydrogen) atoms. The second-order valence-corrected chi connectivity index (χ2v) is 7.15. The van der Waals surface area contributed by atoms with E-state index in [9.17, 15) is 9.59 Å². The number of pyridine rings is 1. The Kier molecular flexibility index (Phi) is 7.04. The van der Waals surface area contributed by atoms with Crippen molar-refractivity contribution in [1.29, 1.82) is 0 Å². The van der Waals surface area contributed by atoms with Gasteiger partial charge in [-0.1, -0.05) is 13.8 Å². The molecule has 1 aromatic rings. The van der Waals surface area contributed by atoms with Crippen LogP contribution in [0.5, 0.6) is 0 Å². The van der Waals surface area contributed by atoms with Crippen molar-refractivity contribution in [1.82, 2.24) is 15.2 Å². The van der Waals surface area contributed by atoms with Gasteiger partial charge in [-0.25, -0.2) is 9.78 Å². The lowest BCUT2D eigenvalue weighted by Crippen LogP contribution is -2.56. The van der Waals surface area contributed by atoms with Gasteiger partial charge in [0.25, 0.3) is 0 Å². The fraction of sp³-hybridized carbons (Fsp3) is 0.588. The largest absolute Gasteiger partial charge is 0.450 e. The summed E-state index contributed by atoms with van der Waals surface area (Å²) in [5.41, 5.74) is 0. The molecular weight excluding hydrogens is 388 g/mol. The zero-order valence-electron chi connectivity index (χ0n) is 14.9. The normalized spacial score (nSPS) is 15.9. The van der Waals surface area contributed by atoms with E-state index in [1.54, 1.807) is 18.0 Å². The molecule has 7 nitrogen and oxygen atoms in total. The number of hydrogen-bond acceptors (Lipinski definition) is 5. The summed E-state index contributed by atoms with van der Waals surface area (Å²) >= 11 is 3.38. The topological polar surface area (TPSA) is 74.8 Å². The number of amides is 2. The van der Waals surface area contributed by atoms with Crippen LogP contribution in [0.1, 0.15) is 20.8 Å². The van der Waals surface area contributed by atoms with Gasteiger partial charge >= 0.3 is 6.09 Å². The first-order valence-corrected chi connectivity index (χ1v) is 9.30. The van der Waals surface area contributed by atoms with Crippen molar-refractivity contribution in [2.75, 3.05) is 37.7 Å². The van der Waals surface area contributed by atoms with Gasteiger partial charge in [0, 0.05) is 36.8 Å². The van der Waals surface area contributed by atoms with Gasteiger partial charge in [-0.3, -0.25) is 4.79 Å². The molecule has 0 bridgehead atoms. The van der Waals surface area contributed by atoms with E-state index in [0.29, 0.717) is 26.2 Å². The molecule has 1 N–H and O–H groups in total. The highest BCUT2D eigenvalue weighted by atomic mass is 79.9. The van der Waals surface area contributed by atoms with Gasteiger partial charge in [-0.05, 0) is 40.9 Å². The predicted octanol–water partition coefficient (Wildman–Crippen LogP) is 2.26. The highest BCUT2D eigenvalue weighted by Crippen LogP contribution is 2.17. The van der Waals surface area contributed by atoms with E-state index < -0.39 is 12.1 Å². The Morgan fingerprint density at radius 1 is 1.28 bits per heavy atom. The van der Waals surface area contributed by atoms with Gasteiger partial charge in [0.15, 0.2) is 0 Å². The minimum atomic E-state index is -0.573. The third-order valence-corrected chi connectivity index (χ3v) is 4.58. The molecule has 0 radical (unpaired) electrons. The van der Waals surface area contributed by atoms with Crippen molar-refractivity contribution in [2.24, 2.45) is 5.92 Å². The zero-order valence-corrected chi connectivity index (χ0v) is 16.5. The van der Waals surface area contributed by atoms with E-state index in [-0.39, 0.29) is 18.4 Å².